The van der Waals surface area contributed by atoms with Crippen LogP contribution in [-0.2, 0) is 18.5 Å². The van der Waals surface area contributed by atoms with Crippen LogP contribution in [0.25, 0.3) is 0 Å². The molecular formula is C27H27F3N4O3S. The number of thioether (sulfide) groups is 1. The molecule has 0 aliphatic carbocycles. The minimum Gasteiger partial charge on any atom is -0.454 e. The molecule has 3 heterocycles. The molecule has 1 N–H and O–H groups in total. The van der Waals surface area contributed by atoms with Gasteiger partial charge >= 0.3 is 6.18 Å². The standard InChI is InChI=1S/C27H27F3N4O3S/c1-17-4-2-3-11-34(17)24-13-23(27(28,29)30)32-26(33-24)38-15-18-5-8-20(9-6-18)25(35)31-14-19-7-10-21-22(12-19)37-16-36-21/h5-10,12-13,17H,2-4,11,14-16H2,1H3,(H,31,35). The van der Waals surface area contributed by atoms with Crippen LogP contribution in [-0.4, -0.2) is 35.3 Å². The van der Waals surface area contributed by atoms with Crippen LogP contribution < -0.4 is 19.7 Å². The smallest absolute Gasteiger partial charge is 0.433 e. The van der Waals surface area contributed by atoms with Crippen molar-refractivity contribution in [2.24, 2.45) is 0 Å². The number of carbonyl (C=O) groups is 1. The lowest BCUT2D eigenvalue weighted by atomic mass is 10.0. The molecule has 200 valence electrons. The van der Waals surface area contributed by atoms with Crippen molar-refractivity contribution in [1.82, 2.24) is 15.3 Å². The van der Waals surface area contributed by atoms with Crippen molar-refractivity contribution in [2.45, 2.75) is 55.9 Å². The molecule has 3 aromatic rings. The zero-order valence-electron chi connectivity index (χ0n) is 20.8. The van der Waals surface area contributed by atoms with E-state index in [1.54, 1.807) is 30.3 Å². The van der Waals surface area contributed by atoms with Crippen LogP contribution in [0.2, 0.25) is 0 Å². The molecule has 2 aromatic carbocycles. The zero-order valence-corrected chi connectivity index (χ0v) is 21.6. The highest BCUT2D eigenvalue weighted by atomic mass is 32.2. The number of fused-ring (bicyclic) bond motifs is 1. The Bertz CT molecular complexity index is 1300. The normalized spacial score (nSPS) is 16.9. The maximum absolute atomic E-state index is 13.6. The predicted molar refractivity (Wildman–Crippen MR) is 137 cm³/mol. The van der Waals surface area contributed by atoms with Crippen molar-refractivity contribution in [3.05, 3.63) is 70.9 Å². The van der Waals surface area contributed by atoms with Crippen molar-refractivity contribution in [3.8, 4) is 11.5 Å². The quantitative estimate of drug-likeness (QED) is 0.297. The van der Waals surface area contributed by atoms with Crippen LogP contribution in [0.5, 0.6) is 11.5 Å². The molecule has 38 heavy (non-hydrogen) atoms. The first-order chi connectivity index (χ1) is 18.3. The van der Waals surface area contributed by atoms with Gasteiger partial charge in [0.25, 0.3) is 5.91 Å². The average molecular weight is 545 g/mol. The summed E-state index contributed by atoms with van der Waals surface area (Å²) in [6, 6.07) is 13.6. The number of aromatic nitrogens is 2. The van der Waals surface area contributed by atoms with Crippen LogP contribution in [0.4, 0.5) is 19.0 Å². The highest BCUT2D eigenvalue weighted by Crippen LogP contribution is 2.34. The highest BCUT2D eigenvalue weighted by molar-refractivity contribution is 7.98. The summed E-state index contributed by atoms with van der Waals surface area (Å²) in [6.07, 6.45) is -1.65. The first-order valence-electron chi connectivity index (χ1n) is 12.4. The maximum atomic E-state index is 13.6. The van der Waals surface area contributed by atoms with Gasteiger partial charge in [-0.05, 0) is 61.6 Å². The second kappa shape index (κ2) is 11.1. The average Bonchev–Trinajstić information content (AvgIpc) is 3.38. The Balaban J connectivity index is 1.21. The first-order valence-corrected chi connectivity index (χ1v) is 13.4. The number of piperidine rings is 1. The van der Waals surface area contributed by atoms with E-state index in [2.05, 4.69) is 15.3 Å². The molecule has 7 nitrogen and oxygen atoms in total. The number of benzene rings is 2. The largest absolute Gasteiger partial charge is 0.454 e. The first kappa shape index (κ1) is 26.1. The number of hydrogen-bond donors (Lipinski definition) is 1. The van der Waals surface area contributed by atoms with Gasteiger partial charge in [0.1, 0.15) is 5.82 Å². The molecule has 1 unspecified atom stereocenters. The second-order valence-electron chi connectivity index (χ2n) is 9.29. The number of alkyl halides is 3. The van der Waals surface area contributed by atoms with Gasteiger partial charge in [-0.3, -0.25) is 4.79 Å². The number of nitrogens with zero attached hydrogens (tertiary/aromatic N) is 3. The number of halogens is 3. The fourth-order valence-electron chi connectivity index (χ4n) is 4.44. The van der Waals surface area contributed by atoms with Crippen LogP contribution in [0, 0.1) is 0 Å². The summed E-state index contributed by atoms with van der Waals surface area (Å²) in [5.74, 6) is 1.79. The Morgan fingerprint density at radius 1 is 1.05 bits per heavy atom. The van der Waals surface area contributed by atoms with Crippen molar-refractivity contribution in [3.63, 3.8) is 0 Å². The fraction of sp³-hybridized carbons (Fsp3) is 0.370. The summed E-state index contributed by atoms with van der Waals surface area (Å²) in [7, 11) is 0. The van der Waals surface area contributed by atoms with Gasteiger partial charge < -0.3 is 19.7 Å². The lowest BCUT2D eigenvalue weighted by molar-refractivity contribution is -0.141. The van der Waals surface area contributed by atoms with Crippen molar-refractivity contribution < 1.29 is 27.4 Å². The van der Waals surface area contributed by atoms with E-state index < -0.39 is 11.9 Å². The number of hydrogen-bond acceptors (Lipinski definition) is 7. The number of carbonyl (C=O) groups excluding carboxylic acids is 1. The minimum atomic E-state index is -4.55. The van der Waals surface area contributed by atoms with Gasteiger partial charge in [-0.2, -0.15) is 13.2 Å². The summed E-state index contributed by atoms with van der Waals surface area (Å²) in [6.45, 7) is 3.21. The van der Waals surface area contributed by atoms with Gasteiger partial charge in [-0.1, -0.05) is 30.0 Å². The summed E-state index contributed by atoms with van der Waals surface area (Å²) in [5.41, 5.74) is 1.28. The highest BCUT2D eigenvalue weighted by Gasteiger charge is 2.35. The molecule has 1 amide bonds. The Morgan fingerprint density at radius 2 is 1.82 bits per heavy atom. The molecule has 2 aliphatic rings. The van der Waals surface area contributed by atoms with E-state index in [0.29, 0.717) is 41.7 Å². The summed E-state index contributed by atoms with van der Waals surface area (Å²) in [5, 5.41) is 2.95. The minimum absolute atomic E-state index is 0.0816. The van der Waals surface area contributed by atoms with Gasteiger partial charge in [0, 0.05) is 36.5 Å². The van der Waals surface area contributed by atoms with E-state index >= 15 is 0 Å². The monoisotopic (exact) mass is 544 g/mol. The van der Waals surface area contributed by atoms with Crippen LogP contribution in [0.3, 0.4) is 0 Å². The van der Waals surface area contributed by atoms with Crippen molar-refractivity contribution in [1.29, 1.82) is 0 Å². The molecule has 0 bridgehead atoms. The van der Waals surface area contributed by atoms with Gasteiger partial charge in [-0.25, -0.2) is 9.97 Å². The Hall–Kier alpha value is -3.47. The Kier molecular flexibility index (Phi) is 7.64. The van der Waals surface area contributed by atoms with Crippen LogP contribution >= 0.6 is 11.8 Å². The van der Waals surface area contributed by atoms with E-state index in [-0.39, 0.29) is 23.9 Å². The number of amides is 1. The van der Waals surface area contributed by atoms with E-state index in [9.17, 15) is 18.0 Å². The number of anilines is 1. The Morgan fingerprint density at radius 3 is 2.58 bits per heavy atom. The molecule has 0 saturated carbocycles. The second-order valence-corrected chi connectivity index (χ2v) is 10.2. The number of nitrogens with one attached hydrogen (secondary N) is 1. The summed E-state index contributed by atoms with van der Waals surface area (Å²) in [4.78, 5) is 22.7. The summed E-state index contributed by atoms with van der Waals surface area (Å²) >= 11 is 1.14. The van der Waals surface area contributed by atoms with Crippen LogP contribution in [0.1, 0.15) is 53.4 Å². The van der Waals surface area contributed by atoms with Crippen molar-refractivity contribution in [2.75, 3.05) is 18.2 Å². The third-order valence-electron chi connectivity index (χ3n) is 6.55. The van der Waals surface area contributed by atoms with Crippen LogP contribution in [0.15, 0.2) is 53.7 Å². The fourth-order valence-corrected chi connectivity index (χ4v) is 5.25. The number of ether oxygens (including phenoxy) is 2. The van der Waals surface area contributed by atoms with Gasteiger partial charge in [0.05, 0.1) is 0 Å². The summed E-state index contributed by atoms with van der Waals surface area (Å²) < 4.78 is 51.3. The number of rotatable bonds is 7. The van der Waals surface area contributed by atoms with Gasteiger partial charge in [-0.15, -0.1) is 0 Å². The Labute approximate surface area is 222 Å². The van der Waals surface area contributed by atoms with Gasteiger partial charge in [0.15, 0.2) is 22.3 Å². The molecule has 11 heteroatoms. The van der Waals surface area contributed by atoms with E-state index in [4.69, 9.17) is 9.47 Å². The van der Waals surface area contributed by atoms with E-state index in [0.717, 1.165) is 48.2 Å². The van der Waals surface area contributed by atoms with Gasteiger partial charge in [0.2, 0.25) is 6.79 Å². The molecule has 1 fully saturated rings. The molecule has 5 rings (SSSR count). The van der Waals surface area contributed by atoms with Crippen molar-refractivity contribution >= 4 is 23.5 Å². The lowest BCUT2D eigenvalue weighted by Crippen LogP contribution is -2.38. The molecule has 0 radical (unpaired) electrons. The molecule has 1 atom stereocenters. The molecule has 1 saturated heterocycles. The lowest BCUT2D eigenvalue weighted by Gasteiger charge is -2.34. The topological polar surface area (TPSA) is 76.6 Å². The third kappa shape index (κ3) is 6.15. The molecule has 1 aromatic heterocycles. The molecule has 2 aliphatic heterocycles. The molecule has 0 spiro atoms. The SMILES string of the molecule is CC1CCCCN1c1cc(C(F)(F)F)nc(SCc2ccc(C(=O)NCc3ccc4c(c3)OCO4)cc2)n1. The van der Waals surface area contributed by atoms with E-state index in [1.807, 2.05) is 24.0 Å². The zero-order chi connectivity index (χ0) is 26.7. The third-order valence-corrected chi connectivity index (χ3v) is 7.47. The maximum Gasteiger partial charge on any atom is 0.433 e. The predicted octanol–water partition coefficient (Wildman–Crippen LogP) is 5.83. The molecular weight excluding hydrogens is 517 g/mol. The van der Waals surface area contributed by atoms with E-state index in [1.165, 1.54) is 0 Å².